The highest BCUT2D eigenvalue weighted by molar-refractivity contribution is 6.31. The van der Waals surface area contributed by atoms with Crippen LogP contribution < -0.4 is 19.6 Å². The molecular formula is C35H30ClNO7. The smallest absolute Gasteiger partial charge is 0.343 e. The van der Waals surface area contributed by atoms with Gasteiger partial charge in [-0.1, -0.05) is 66.2 Å². The van der Waals surface area contributed by atoms with Gasteiger partial charge in [-0.05, 0) is 61.5 Å². The maximum Gasteiger partial charge on any atom is 0.343 e. The average molecular weight is 612 g/mol. The van der Waals surface area contributed by atoms with Crippen LogP contribution in [0.15, 0.2) is 120 Å². The molecule has 1 fully saturated rings. The Bertz CT molecular complexity index is 1780. The Balaban J connectivity index is 1.49. The number of esters is 1. The standard InChI is InChI=1S/C35H30ClNO7/c1-2-40-35(39)28-21-37(29-19-18-23(36)20-27(29)31(28)38)34-33(43-26-16-10-5-11-17-26)32(42-25-14-8-4-9-15-25)30(44-34)22-41-24-12-6-3-7-13-24/h3-21,30,32-34H,2,22H2,1H3. The van der Waals surface area contributed by atoms with Gasteiger partial charge >= 0.3 is 5.97 Å². The fraction of sp³-hybridized carbons (Fsp3) is 0.200. The molecule has 5 aromatic rings. The summed E-state index contributed by atoms with van der Waals surface area (Å²) in [5.74, 6) is 1.15. The summed E-state index contributed by atoms with van der Waals surface area (Å²) in [4.78, 5) is 26.5. The first-order valence-corrected chi connectivity index (χ1v) is 14.7. The molecule has 1 aromatic heterocycles. The van der Waals surface area contributed by atoms with Gasteiger partial charge in [0.15, 0.2) is 18.4 Å². The summed E-state index contributed by atoms with van der Waals surface area (Å²) in [6, 6.07) is 33.1. The first-order valence-electron chi connectivity index (χ1n) is 14.3. The molecule has 2 heterocycles. The Kier molecular flexibility index (Phi) is 8.81. The lowest BCUT2D eigenvalue weighted by molar-refractivity contribution is -0.0433. The third kappa shape index (κ3) is 6.27. The maximum atomic E-state index is 13.5. The molecule has 6 rings (SSSR count). The normalized spacial score (nSPS) is 19.4. The predicted molar refractivity (Wildman–Crippen MR) is 167 cm³/mol. The number of carbonyl (C=O) groups excluding carboxylic acids is 1. The molecule has 1 aliphatic rings. The lowest BCUT2D eigenvalue weighted by Gasteiger charge is -2.28. The minimum absolute atomic E-state index is 0.109. The highest BCUT2D eigenvalue weighted by atomic mass is 35.5. The molecule has 0 bridgehead atoms. The summed E-state index contributed by atoms with van der Waals surface area (Å²) in [5, 5.41) is 0.598. The van der Waals surface area contributed by atoms with Gasteiger partial charge < -0.3 is 28.3 Å². The SMILES string of the molecule is CCOC(=O)c1cn(C2OC(COc3ccccc3)C(Oc3ccccc3)C2Oc2ccccc2)c2ccc(Cl)cc2c1=O. The minimum Gasteiger partial charge on any atom is -0.491 e. The van der Waals surface area contributed by atoms with Crippen LogP contribution in [-0.4, -0.2) is 42.1 Å². The zero-order valence-corrected chi connectivity index (χ0v) is 24.6. The van der Waals surface area contributed by atoms with Crippen molar-refractivity contribution in [3.63, 3.8) is 0 Å². The molecule has 4 atom stereocenters. The van der Waals surface area contributed by atoms with Crippen molar-refractivity contribution in [1.29, 1.82) is 0 Å². The first-order chi connectivity index (χ1) is 21.5. The van der Waals surface area contributed by atoms with E-state index in [-0.39, 0.29) is 24.2 Å². The van der Waals surface area contributed by atoms with Gasteiger partial charge in [0.25, 0.3) is 0 Å². The molecule has 44 heavy (non-hydrogen) atoms. The number of nitrogens with zero attached hydrogens (tertiary/aromatic N) is 1. The maximum absolute atomic E-state index is 13.5. The Hall–Kier alpha value is -4.79. The van der Waals surface area contributed by atoms with E-state index in [9.17, 15) is 9.59 Å². The monoisotopic (exact) mass is 611 g/mol. The van der Waals surface area contributed by atoms with Crippen molar-refractivity contribution in [1.82, 2.24) is 4.57 Å². The summed E-state index contributed by atoms with van der Waals surface area (Å²) in [5.41, 5.74) is -0.132. The zero-order valence-electron chi connectivity index (χ0n) is 23.9. The van der Waals surface area contributed by atoms with Crippen molar-refractivity contribution in [2.45, 2.75) is 31.5 Å². The second kappa shape index (κ2) is 13.2. The quantitative estimate of drug-likeness (QED) is 0.162. The number of benzene rings is 4. The zero-order chi connectivity index (χ0) is 30.5. The predicted octanol–water partition coefficient (Wildman–Crippen LogP) is 6.70. The largest absolute Gasteiger partial charge is 0.491 e. The molecule has 1 aliphatic heterocycles. The van der Waals surface area contributed by atoms with E-state index >= 15 is 0 Å². The molecule has 4 aromatic carbocycles. The topological polar surface area (TPSA) is 85.2 Å². The third-order valence-electron chi connectivity index (χ3n) is 7.24. The number of pyridine rings is 1. The van der Waals surface area contributed by atoms with E-state index in [2.05, 4.69) is 0 Å². The van der Waals surface area contributed by atoms with Crippen LogP contribution in [0, 0.1) is 0 Å². The molecule has 0 saturated carbocycles. The van der Waals surface area contributed by atoms with Crippen LogP contribution in [0.3, 0.4) is 0 Å². The summed E-state index contributed by atoms with van der Waals surface area (Å²) >= 11 is 6.31. The molecule has 0 N–H and O–H groups in total. The number of halogens is 1. The van der Waals surface area contributed by atoms with E-state index < -0.39 is 35.9 Å². The fourth-order valence-corrected chi connectivity index (χ4v) is 5.41. The van der Waals surface area contributed by atoms with Gasteiger partial charge in [-0.15, -0.1) is 0 Å². The van der Waals surface area contributed by atoms with Crippen molar-refractivity contribution >= 4 is 28.5 Å². The van der Waals surface area contributed by atoms with E-state index in [1.165, 1.54) is 12.3 Å². The number of carbonyl (C=O) groups is 1. The summed E-state index contributed by atoms with van der Waals surface area (Å²) in [6.45, 7) is 1.93. The van der Waals surface area contributed by atoms with Gasteiger partial charge in [-0.2, -0.15) is 0 Å². The number of aromatic nitrogens is 1. The van der Waals surface area contributed by atoms with Crippen molar-refractivity contribution in [2.24, 2.45) is 0 Å². The fourth-order valence-electron chi connectivity index (χ4n) is 5.23. The number of hydrogen-bond donors (Lipinski definition) is 0. The van der Waals surface area contributed by atoms with Crippen LogP contribution in [0.2, 0.25) is 5.02 Å². The highest BCUT2D eigenvalue weighted by Gasteiger charge is 2.50. The first kappa shape index (κ1) is 29.3. The average Bonchev–Trinajstić information content (AvgIpc) is 3.38. The van der Waals surface area contributed by atoms with Gasteiger partial charge in [0, 0.05) is 16.6 Å². The Morgan fingerprint density at radius 2 is 1.41 bits per heavy atom. The molecule has 9 heteroatoms. The molecule has 0 spiro atoms. The van der Waals surface area contributed by atoms with Gasteiger partial charge in [-0.3, -0.25) is 4.79 Å². The molecule has 8 nitrogen and oxygen atoms in total. The van der Waals surface area contributed by atoms with Crippen LogP contribution in [0.5, 0.6) is 17.2 Å². The summed E-state index contributed by atoms with van der Waals surface area (Å²) in [7, 11) is 0. The Morgan fingerprint density at radius 1 is 0.818 bits per heavy atom. The van der Waals surface area contributed by atoms with Gasteiger partial charge in [0.05, 0.1) is 12.1 Å². The van der Waals surface area contributed by atoms with Crippen LogP contribution >= 0.6 is 11.6 Å². The van der Waals surface area contributed by atoms with Gasteiger partial charge in [0.2, 0.25) is 5.43 Å². The van der Waals surface area contributed by atoms with E-state index in [4.69, 9.17) is 35.3 Å². The second-order valence-electron chi connectivity index (χ2n) is 10.1. The molecule has 0 radical (unpaired) electrons. The van der Waals surface area contributed by atoms with Crippen molar-refractivity contribution in [3.05, 3.63) is 136 Å². The molecule has 0 aliphatic carbocycles. The molecule has 1 saturated heterocycles. The van der Waals surface area contributed by atoms with Gasteiger partial charge in [-0.25, -0.2) is 4.79 Å². The van der Waals surface area contributed by atoms with Crippen molar-refractivity contribution < 1.29 is 28.5 Å². The van der Waals surface area contributed by atoms with Crippen molar-refractivity contribution in [3.8, 4) is 17.2 Å². The van der Waals surface area contributed by atoms with Crippen LogP contribution in [0.1, 0.15) is 23.5 Å². The third-order valence-corrected chi connectivity index (χ3v) is 7.47. The molecule has 0 amide bonds. The number of hydrogen-bond acceptors (Lipinski definition) is 7. The Labute approximate surface area is 259 Å². The Morgan fingerprint density at radius 3 is 2.02 bits per heavy atom. The van der Waals surface area contributed by atoms with E-state index in [1.807, 2.05) is 91.0 Å². The number of ether oxygens (including phenoxy) is 5. The molecular weight excluding hydrogens is 582 g/mol. The van der Waals surface area contributed by atoms with Crippen molar-refractivity contribution in [2.75, 3.05) is 13.2 Å². The highest BCUT2D eigenvalue weighted by Crippen LogP contribution is 2.37. The van der Waals surface area contributed by atoms with Gasteiger partial charge in [0.1, 0.15) is 35.5 Å². The lowest BCUT2D eigenvalue weighted by Crippen LogP contribution is -2.43. The summed E-state index contributed by atoms with van der Waals surface area (Å²) < 4.78 is 33.0. The molecule has 4 unspecified atom stereocenters. The van der Waals surface area contributed by atoms with E-state index in [0.717, 1.165) is 0 Å². The van der Waals surface area contributed by atoms with Crippen LogP contribution in [0.4, 0.5) is 0 Å². The second-order valence-corrected chi connectivity index (χ2v) is 10.6. The number of fused-ring (bicyclic) bond motifs is 1. The summed E-state index contributed by atoms with van der Waals surface area (Å²) in [6.07, 6.45) is -1.44. The minimum atomic E-state index is -0.856. The van der Waals surface area contributed by atoms with Crippen LogP contribution in [-0.2, 0) is 9.47 Å². The number of rotatable bonds is 10. The number of para-hydroxylation sites is 3. The van der Waals surface area contributed by atoms with E-state index in [0.29, 0.717) is 27.8 Å². The molecule has 224 valence electrons. The van der Waals surface area contributed by atoms with E-state index in [1.54, 1.807) is 23.6 Å². The lowest BCUT2D eigenvalue weighted by atomic mass is 10.1. The van der Waals surface area contributed by atoms with Crippen LogP contribution in [0.25, 0.3) is 10.9 Å².